The van der Waals surface area contributed by atoms with E-state index < -0.39 is 34.0 Å². The molecule has 0 saturated carbocycles. The van der Waals surface area contributed by atoms with Crippen LogP contribution < -0.4 is 14.8 Å². The fraction of sp³-hybridized carbons (Fsp3) is 0.300. The fourth-order valence-electron chi connectivity index (χ4n) is 2.40. The first-order chi connectivity index (χ1) is 13.6. The van der Waals surface area contributed by atoms with E-state index in [-0.39, 0.29) is 4.90 Å². The number of hydrogen-bond donors (Lipinski definition) is 2. The number of esters is 1. The average Bonchev–Trinajstić information content (AvgIpc) is 2.67. The number of amides is 1. The van der Waals surface area contributed by atoms with E-state index in [0.717, 1.165) is 5.56 Å². The molecule has 0 heterocycles. The number of anilines is 1. The van der Waals surface area contributed by atoms with Crippen LogP contribution >= 0.6 is 0 Å². The van der Waals surface area contributed by atoms with E-state index in [1.54, 1.807) is 18.2 Å². The van der Waals surface area contributed by atoms with Gasteiger partial charge in [0.15, 0.2) is 6.10 Å². The number of rotatable bonds is 8. The number of ether oxygens (including phenoxy) is 2. The summed E-state index contributed by atoms with van der Waals surface area (Å²) < 4.78 is 37.1. The fourth-order valence-corrected chi connectivity index (χ4v) is 3.59. The summed E-state index contributed by atoms with van der Waals surface area (Å²) in [5.74, 6) is -0.881. The molecule has 2 aromatic carbocycles. The maximum Gasteiger partial charge on any atom is 0.324 e. The third kappa shape index (κ3) is 6.30. The van der Waals surface area contributed by atoms with Crippen LogP contribution in [0.3, 0.4) is 0 Å². The van der Waals surface area contributed by atoms with Gasteiger partial charge >= 0.3 is 5.97 Å². The van der Waals surface area contributed by atoms with Crippen molar-refractivity contribution in [2.24, 2.45) is 0 Å². The van der Waals surface area contributed by atoms with Crippen LogP contribution in [0.2, 0.25) is 0 Å². The molecule has 0 bridgehead atoms. The molecule has 2 unspecified atom stereocenters. The Balaban J connectivity index is 1.95. The minimum atomic E-state index is -3.95. The summed E-state index contributed by atoms with van der Waals surface area (Å²) >= 11 is 0. The second-order valence-corrected chi connectivity index (χ2v) is 8.17. The average molecular weight is 420 g/mol. The zero-order valence-electron chi connectivity index (χ0n) is 16.6. The molecule has 2 atom stereocenters. The highest BCUT2D eigenvalue weighted by atomic mass is 32.2. The van der Waals surface area contributed by atoms with Crippen LogP contribution in [0.1, 0.15) is 19.4 Å². The Morgan fingerprint density at radius 3 is 2.28 bits per heavy atom. The first-order valence-electron chi connectivity index (χ1n) is 8.87. The second kappa shape index (κ2) is 9.53. The Labute approximate surface area is 170 Å². The Morgan fingerprint density at radius 1 is 1.03 bits per heavy atom. The van der Waals surface area contributed by atoms with Crippen LogP contribution in [-0.2, 0) is 24.3 Å². The van der Waals surface area contributed by atoms with Gasteiger partial charge in [0.25, 0.3) is 5.91 Å². The lowest BCUT2D eigenvalue weighted by molar-refractivity contribution is -0.154. The number of aryl methyl sites for hydroxylation is 1. The van der Waals surface area contributed by atoms with Gasteiger partial charge in [-0.3, -0.25) is 9.59 Å². The van der Waals surface area contributed by atoms with Crippen molar-refractivity contribution in [3.63, 3.8) is 0 Å². The Kier molecular flexibility index (Phi) is 7.35. The van der Waals surface area contributed by atoms with E-state index >= 15 is 0 Å². The highest BCUT2D eigenvalue weighted by Gasteiger charge is 2.26. The van der Waals surface area contributed by atoms with Gasteiger partial charge in [-0.05, 0) is 62.7 Å². The number of hydrogen-bond acceptors (Lipinski definition) is 6. The maximum atomic E-state index is 12.4. The van der Waals surface area contributed by atoms with E-state index in [0.29, 0.717) is 11.4 Å². The number of methoxy groups -OCH3 is 1. The molecule has 9 heteroatoms. The summed E-state index contributed by atoms with van der Waals surface area (Å²) in [5, 5.41) is 2.65. The topological polar surface area (TPSA) is 111 Å². The molecular formula is C20H24N2O6S. The van der Waals surface area contributed by atoms with Crippen molar-refractivity contribution in [3.05, 3.63) is 54.1 Å². The molecule has 0 fully saturated rings. The van der Waals surface area contributed by atoms with Crippen LogP contribution in [0.15, 0.2) is 53.4 Å². The van der Waals surface area contributed by atoms with Gasteiger partial charge in [-0.2, -0.15) is 4.72 Å². The van der Waals surface area contributed by atoms with Crippen molar-refractivity contribution < 1.29 is 27.5 Å². The molecule has 0 radical (unpaired) electrons. The SMILES string of the molecule is COc1ccc(S(=O)(=O)NC(C)C(=O)OC(C)C(=O)Nc2cccc(C)c2)cc1. The Morgan fingerprint density at radius 2 is 1.69 bits per heavy atom. The van der Waals surface area contributed by atoms with Crippen molar-refractivity contribution in [3.8, 4) is 5.75 Å². The highest BCUT2D eigenvalue weighted by Crippen LogP contribution is 2.16. The Hall–Kier alpha value is -2.91. The van der Waals surface area contributed by atoms with Crippen molar-refractivity contribution >= 4 is 27.6 Å². The number of benzene rings is 2. The van der Waals surface area contributed by atoms with Crippen molar-refractivity contribution in [2.75, 3.05) is 12.4 Å². The molecule has 2 rings (SSSR count). The zero-order chi connectivity index (χ0) is 21.6. The van der Waals surface area contributed by atoms with E-state index in [1.807, 2.05) is 13.0 Å². The molecule has 0 aromatic heterocycles. The predicted molar refractivity (Wildman–Crippen MR) is 108 cm³/mol. The summed E-state index contributed by atoms with van der Waals surface area (Å²) in [7, 11) is -2.48. The highest BCUT2D eigenvalue weighted by molar-refractivity contribution is 7.89. The normalized spacial score (nSPS) is 13.2. The molecule has 8 nitrogen and oxygen atoms in total. The van der Waals surface area contributed by atoms with Gasteiger partial charge in [0, 0.05) is 5.69 Å². The molecule has 29 heavy (non-hydrogen) atoms. The smallest absolute Gasteiger partial charge is 0.324 e. The van der Waals surface area contributed by atoms with E-state index in [2.05, 4.69) is 10.0 Å². The molecular weight excluding hydrogens is 396 g/mol. The van der Waals surface area contributed by atoms with Gasteiger partial charge in [0.2, 0.25) is 10.0 Å². The van der Waals surface area contributed by atoms with Gasteiger partial charge in [0.1, 0.15) is 11.8 Å². The second-order valence-electron chi connectivity index (χ2n) is 6.46. The summed E-state index contributed by atoms with van der Waals surface area (Å²) in [4.78, 5) is 24.4. The molecule has 2 N–H and O–H groups in total. The molecule has 0 spiro atoms. The third-order valence-corrected chi connectivity index (χ3v) is 5.56. The summed E-state index contributed by atoms with van der Waals surface area (Å²) in [6.07, 6.45) is -1.10. The zero-order valence-corrected chi connectivity index (χ0v) is 17.4. The molecule has 0 aliphatic rings. The molecule has 0 aliphatic carbocycles. The maximum absolute atomic E-state index is 12.4. The monoisotopic (exact) mass is 420 g/mol. The van der Waals surface area contributed by atoms with Crippen molar-refractivity contribution in [1.82, 2.24) is 4.72 Å². The van der Waals surface area contributed by atoms with E-state index in [9.17, 15) is 18.0 Å². The number of carbonyl (C=O) groups is 2. The summed E-state index contributed by atoms with van der Waals surface area (Å²) in [5.41, 5.74) is 1.54. The quantitative estimate of drug-likeness (QED) is 0.634. The molecule has 2 aromatic rings. The number of sulfonamides is 1. The van der Waals surface area contributed by atoms with Gasteiger partial charge in [-0.1, -0.05) is 12.1 Å². The number of nitrogens with one attached hydrogen (secondary N) is 2. The standard InChI is InChI=1S/C20H24N2O6S/c1-13-6-5-7-16(12-13)21-19(23)15(3)28-20(24)14(2)22-29(25,26)18-10-8-17(27-4)9-11-18/h5-12,14-15,22H,1-4H3,(H,21,23). The molecule has 156 valence electrons. The molecule has 0 saturated heterocycles. The summed E-state index contributed by atoms with van der Waals surface area (Å²) in [6, 6.07) is 11.7. The van der Waals surface area contributed by atoms with Gasteiger partial charge in [-0.15, -0.1) is 0 Å². The van der Waals surface area contributed by atoms with Crippen LogP contribution in [-0.4, -0.2) is 39.5 Å². The lowest BCUT2D eigenvalue weighted by Crippen LogP contribution is -2.42. The molecule has 0 aliphatic heterocycles. The summed E-state index contributed by atoms with van der Waals surface area (Å²) in [6.45, 7) is 4.64. The first-order valence-corrected chi connectivity index (χ1v) is 10.3. The van der Waals surface area contributed by atoms with Crippen molar-refractivity contribution in [1.29, 1.82) is 0 Å². The Bertz CT molecular complexity index is 973. The lowest BCUT2D eigenvalue weighted by atomic mass is 10.2. The lowest BCUT2D eigenvalue weighted by Gasteiger charge is -2.18. The van der Waals surface area contributed by atoms with Gasteiger partial charge < -0.3 is 14.8 Å². The minimum absolute atomic E-state index is 0.0248. The van der Waals surface area contributed by atoms with Crippen LogP contribution in [0, 0.1) is 6.92 Å². The van der Waals surface area contributed by atoms with Crippen molar-refractivity contribution in [2.45, 2.75) is 37.8 Å². The van der Waals surface area contributed by atoms with Crippen LogP contribution in [0.4, 0.5) is 5.69 Å². The number of carbonyl (C=O) groups excluding carboxylic acids is 2. The van der Waals surface area contributed by atoms with Crippen LogP contribution in [0.25, 0.3) is 0 Å². The van der Waals surface area contributed by atoms with Gasteiger partial charge in [-0.25, -0.2) is 8.42 Å². The van der Waals surface area contributed by atoms with E-state index in [1.165, 1.54) is 45.2 Å². The van der Waals surface area contributed by atoms with Crippen LogP contribution in [0.5, 0.6) is 5.75 Å². The molecule has 1 amide bonds. The third-order valence-electron chi connectivity index (χ3n) is 4.00. The van der Waals surface area contributed by atoms with Gasteiger partial charge in [0.05, 0.1) is 12.0 Å². The first kappa shape index (κ1) is 22.4. The minimum Gasteiger partial charge on any atom is -0.497 e. The predicted octanol–water partition coefficient (Wildman–Crippen LogP) is 2.24. The van der Waals surface area contributed by atoms with E-state index in [4.69, 9.17) is 9.47 Å². The largest absolute Gasteiger partial charge is 0.497 e.